The summed E-state index contributed by atoms with van der Waals surface area (Å²) in [4.78, 5) is 20.2. The number of pyridine rings is 1. The van der Waals surface area contributed by atoms with Crippen LogP contribution in [0.25, 0.3) is 22.4 Å². The molecule has 4 aromatic rings. The molecular weight excluding hydrogens is 442 g/mol. The van der Waals surface area contributed by atoms with E-state index >= 15 is 0 Å². The molecule has 2 aromatic heterocycles. The van der Waals surface area contributed by atoms with E-state index in [2.05, 4.69) is 25.1 Å². The Balaban J connectivity index is 1.47. The normalized spacial score (nSPS) is 16.1. The molecule has 2 N–H and O–H groups in total. The fourth-order valence-corrected chi connectivity index (χ4v) is 3.96. The van der Waals surface area contributed by atoms with Gasteiger partial charge < -0.3 is 15.0 Å². The van der Waals surface area contributed by atoms with E-state index in [0.29, 0.717) is 35.7 Å². The molecular formula is C22H17F4N5O2. The molecule has 33 heavy (non-hydrogen) atoms. The topological polar surface area (TPSA) is 84.8 Å². The first-order valence-corrected chi connectivity index (χ1v) is 10.0. The van der Waals surface area contributed by atoms with Crippen molar-refractivity contribution in [2.24, 2.45) is 0 Å². The molecule has 3 heterocycles. The number of alkyl halides is 3. The van der Waals surface area contributed by atoms with Gasteiger partial charge in [-0.05, 0) is 36.8 Å². The average molecular weight is 459 g/mol. The third-order valence-corrected chi connectivity index (χ3v) is 5.55. The summed E-state index contributed by atoms with van der Waals surface area (Å²) < 4.78 is 57.6. The second-order valence-corrected chi connectivity index (χ2v) is 7.70. The maximum atomic E-state index is 14.3. The van der Waals surface area contributed by atoms with E-state index in [1.807, 2.05) is 0 Å². The van der Waals surface area contributed by atoms with E-state index in [0.717, 1.165) is 0 Å². The van der Waals surface area contributed by atoms with Crippen molar-refractivity contribution in [2.45, 2.75) is 32.4 Å². The first-order valence-electron chi connectivity index (χ1n) is 10.0. The molecule has 2 aromatic carbocycles. The Morgan fingerprint density at radius 1 is 1.18 bits per heavy atom. The van der Waals surface area contributed by atoms with E-state index in [-0.39, 0.29) is 33.9 Å². The van der Waals surface area contributed by atoms with Crippen LogP contribution in [0.3, 0.4) is 0 Å². The lowest BCUT2D eigenvalue weighted by Gasteiger charge is -2.24. The lowest BCUT2D eigenvalue weighted by atomic mass is 10.1. The Labute approximate surface area is 184 Å². The highest BCUT2D eigenvalue weighted by Crippen LogP contribution is 2.28. The summed E-state index contributed by atoms with van der Waals surface area (Å²) in [7, 11) is 0. The molecule has 1 unspecified atom stereocenters. The number of hydrogen-bond donors (Lipinski definition) is 2. The largest absolute Gasteiger partial charge is 0.573 e. The molecule has 0 amide bonds. The van der Waals surface area contributed by atoms with Crippen molar-refractivity contribution < 1.29 is 22.3 Å². The summed E-state index contributed by atoms with van der Waals surface area (Å²) in [6.07, 6.45) is -4.78. The minimum absolute atomic E-state index is 0.0772. The van der Waals surface area contributed by atoms with Gasteiger partial charge in [0.2, 0.25) is 0 Å². The van der Waals surface area contributed by atoms with Crippen LogP contribution in [-0.2, 0) is 13.1 Å². The highest BCUT2D eigenvalue weighted by atomic mass is 19.4. The Hall–Kier alpha value is -3.73. The second-order valence-electron chi connectivity index (χ2n) is 7.70. The monoisotopic (exact) mass is 459 g/mol. The summed E-state index contributed by atoms with van der Waals surface area (Å²) in [5.41, 5.74) is 1.03. The van der Waals surface area contributed by atoms with Crippen LogP contribution in [0.2, 0.25) is 0 Å². The predicted octanol–water partition coefficient (Wildman–Crippen LogP) is 3.98. The summed E-state index contributed by atoms with van der Waals surface area (Å²) in [6, 6.07) is 9.67. The van der Waals surface area contributed by atoms with Crippen LogP contribution in [0.5, 0.6) is 5.75 Å². The van der Waals surface area contributed by atoms with Crippen LogP contribution in [0.1, 0.15) is 23.0 Å². The number of rotatable bonds is 3. The number of fused-ring (bicyclic) bond motifs is 2. The number of nitrogens with one attached hydrogen (secondary N) is 2. The van der Waals surface area contributed by atoms with Gasteiger partial charge in [0, 0.05) is 10.9 Å². The van der Waals surface area contributed by atoms with Gasteiger partial charge in [0.15, 0.2) is 11.3 Å². The maximum absolute atomic E-state index is 14.3. The Kier molecular flexibility index (Phi) is 4.93. The quantitative estimate of drug-likeness (QED) is 0.453. The van der Waals surface area contributed by atoms with Crippen LogP contribution >= 0.6 is 0 Å². The summed E-state index contributed by atoms with van der Waals surface area (Å²) >= 11 is 0. The van der Waals surface area contributed by atoms with Gasteiger partial charge in [0.25, 0.3) is 0 Å². The van der Waals surface area contributed by atoms with E-state index in [4.69, 9.17) is 0 Å². The second kappa shape index (κ2) is 7.69. The Bertz CT molecular complexity index is 1430. The van der Waals surface area contributed by atoms with Gasteiger partial charge in [-0.15, -0.1) is 18.3 Å². The van der Waals surface area contributed by atoms with E-state index < -0.39 is 12.2 Å². The zero-order chi connectivity index (χ0) is 23.3. The number of benzene rings is 2. The van der Waals surface area contributed by atoms with Crippen molar-refractivity contribution in [3.63, 3.8) is 0 Å². The van der Waals surface area contributed by atoms with Gasteiger partial charge in [-0.25, -0.2) is 14.1 Å². The van der Waals surface area contributed by atoms with Crippen molar-refractivity contribution in [1.29, 1.82) is 0 Å². The number of H-pyrrole nitrogens is 1. The first-order chi connectivity index (χ1) is 15.7. The van der Waals surface area contributed by atoms with Gasteiger partial charge in [-0.1, -0.05) is 18.2 Å². The number of ether oxygens (including phenoxy) is 1. The zero-order valence-electron chi connectivity index (χ0n) is 17.2. The molecule has 0 saturated carbocycles. The van der Waals surface area contributed by atoms with Crippen molar-refractivity contribution in [2.75, 3.05) is 0 Å². The molecule has 0 fully saturated rings. The SMILES string of the molecule is Cc1c(-c2nc3n(n2)CC(c2cccc(OC(F)(F)F)c2)NC3)[nH]c2c(F)cccc2c1=O. The van der Waals surface area contributed by atoms with Crippen molar-refractivity contribution >= 4 is 10.9 Å². The fourth-order valence-electron chi connectivity index (χ4n) is 3.96. The van der Waals surface area contributed by atoms with Gasteiger partial charge in [-0.2, -0.15) is 0 Å². The van der Waals surface area contributed by atoms with E-state index in [9.17, 15) is 22.4 Å². The molecule has 0 spiro atoms. The smallest absolute Gasteiger partial charge is 0.406 e. The van der Waals surface area contributed by atoms with E-state index in [1.165, 1.54) is 30.3 Å². The minimum Gasteiger partial charge on any atom is -0.406 e. The molecule has 1 atom stereocenters. The lowest BCUT2D eigenvalue weighted by Crippen LogP contribution is -2.33. The molecule has 1 aliphatic rings. The fraction of sp³-hybridized carbons (Fsp3) is 0.227. The highest BCUT2D eigenvalue weighted by Gasteiger charge is 2.31. The molecule has 1 aliphatic heterocycles. The standard InChI is InChI=1S/C22H17F4N5O2/c1-11-18(29-19-14(20(11)32)6-3-7-15(19)23)21-28-17-9-27-16(10-31(17)30-21)12-4-2-5-13(8-12)33-22(24,25)26/h2-8,16,27H,9-10H2,1H3,(H,29,32). The lowest BCUT2D eigenvalue weighted by molar-refractivity contribution is -0.274. The van der Waals surface area contributed by atoms with Crippen LogP contribution in [0.15, 0.2) is 47.3 Å². The molecule has 170 valence electrons. The van der Waals surface area contributed by atoms with Gasteiger partial charge >= 0.3 is 6.36 Å². The van der Waals surface area contributed by atoms with Crippen LogP contribution in [0, 0.1) is 12.7 Å². The molecule has 0 aliphatic carbocycles. The molecule has 7 nitrogen and oxygen atoms in total. The predicted molar refractivity (Wildman–Crippen MR) is 111 cm³/mol. The number of para-hydroxylation sites is 1. The van der Waals surface area contributed by atoms with Crippen LogP contribution < -0.4 is 15.5 Å². The summed E-state index contributed by atoms with van der Waals surface area (Å²) in [5.74, 6) is -0.0463. The maximum Gasteiger partial charge on any atom is 0.573 e. The summed E-state index contributed by atoms with van der Waals surface area (Å²) in [5, 5.41) is 7.94. The Morgan fingerprint density at radius 2 is 1.97 bits per heavy atom. The number of halogens is 4. The van der Waals surface area contributed by atoms with Crippen molar-refractivity contribution in [3.05, 3.63) is 75.5 Å². The highest BCUT2D eigenvalue weighted by molar-refractivity contribution is 5.82. The van der Waals surface area contributed by atoms with Crippen LogP contribution in [0.4, 0.5) is 17.6 Å². The molecule has 0 saturated heterocycles. The molecule has 11 heteroatoms. The summed E-state index contributed by atoms with van der Waals surface area (Å²) in [6.45, 7) is 2.21. The molecule has 0 radical (unpaired) electrons. The van der Waals surface area contributed by atoms with E-state index in [1.54, 1.807) is 23.7 Å². The minimum atomic E-state index is -4.78. The van der Waals surface area contributed by atoms with Gasteiger partial charge in [0.1, 0.15) is 17.4 Å². The molecule has 5 rings (SSSR count). The molecule has 0 bridgehead atoms. The van der Waals surface area contributed by atoms with Crippen molar-refractivity contribution in [1.82, 2.24) is 25.1 Å². The number of aromatic amines is 1. The average Bonchev–Trinajstić information content (AvgIpc) is 3.19. The number of aromatic nitrogens is 4. The van der Waals surface area contributed by atoms with Crippen LogP contribution in [-0.4, -0.2) is 26.1 Å². The van der Waals surface area contributed by atoms with Gasteiger partial charge in [0.05, 0.1) is 30.3 Å². The number of hydrogen-bond acceptors (Lipinski definition) is 5. The van der Waals surface area contributed by atoms with Gasteiger partial charge in [-0.3, -0.25) is 4.79 Å². The third kappa shape index (κ3) is 3.95. The first kappa shape index (κ1) is 21.1. The number of nitrogens with zero attached hydrogens (tertiary/aromatic N) is 3. The van der Waals surface area contributed by atoms with Crippen molar-refractivity contribution in [3.8, 4) is 17.3 Å². The Morgan fingerprint density at radius 3 is 2.76 bits per heavy atom. The third-order valence-electron chi connectivity index (χ3n) is 5.55. The zero-order valence-corrected chi connectivity index (χ0v) is 17.2.